The second-order valence-electron chi connectivity index (χ2n) is 4.17. The van der Waals surface area contributed by atoms with Gasteiger partial charge in [0.05, 0.1) is 0 Å². The molecule has 0 spiro atoms. The number of fused-ring (bicyclic) bond motifs is 1. The fourth-order valence-corrected chi connectivity index (χ4v) is 2.59. The first-order valence-corrected chi connectivity index (χ1v) is 7.34. The molecule has 0 aliphatic heterocycles. The topological polar surface area (TPSA) is 25.2 Å². The number of thioether (sulfide) groups is 1. The molecular formula is C15H19NOS. The highest BCUT2D eigenvalue weighted by molar-refractivity contribution is 7.99. The molecule has 0 amide bonds. The average Bonchev–Trinajstić information content (AvgIpc) is 2.70. The SMILES string of the molecule is C=CCSCCNCc1c(C)oc2ccccc12. The van der Waals surface area contributed by atoms with Crippen LogP contribution in [0, 0.1) is 6.92 Å². The molecule has 0 aliphatic carbocycles. The molecule has 1 heterocycles. The number of nitrogens with one attached hydrogen (secondary N) is 1. The van der Waals surface area contributed by atoms with Crippen LogP contribution in [-0.4, -0.2) is 18.1 Å². The number of rotatable bonds is 7. The van der Waals surface area contributed by atoms with Crippen LogP contribution in [0.3, 0.4) is 0 Å². The summed E-state index contributed by atoms with van der Waals surface area (Å²) in [5.41, 5.74) is 2.26. The molecular weight excluding hydrogens is 242 g/mol. The van der Waals surface area contributed by atoms with Gasteiger partial charge in [-0.1, -0.05) is 24.3 Å². The van der Waals surface area contributed by atoms with Crippen molar-refractivity contribution in [3.8, 4) is 0 Å². The first-order valence-electron chi connectivity index (χ1n) is 6.19. The van der Waals surface area contributed by atoms with Crippen molar-refractivity contribution in [2.24, 2.45) is 0 Å². The third-order valence-corrected chi connectivity index (χ3v) is 3.83. The van der Waals surface area contributed by atoms with E-state index in [9.17, 15) is 0 Å². The highest BCUT2D eigenvalue weighted by Gasteiger charge is 2.09. The van der Waals surface area contributed by atoms with Crippen molar-refractivity contribution in [3.63, 3.8) is 0 Å². The van der Waals surface area contributed by atoms with Gasteiger partial charge in [-0.2, -0.15) is 11.8 Å². The van der Waals surface area contributed by atoms with E-state index in [0.717, 1.165) is 35.9 Å². The van der Waals surface area contributed by atoms with Crippen LogP contribution in [-0.2, 0) is 6.54 Å². The van der Waals surface area contributed by atoms with Gasteiger partial charge in [0.1, 0.15) is 11.3 Å². The van der Waals surface area contributed by atoms with Crippen molar-refractivity contribution in [3.05, 3.63) is 48.2 Å². The van der Waals surface area contributed by atoms with Gasteiger partial charge in [-0.15, -0.1) is 6.58 Å². The molecule has 0 aliphatic rings. The van der Waals surface area contributed by atoms with E-state index >= 15 is 0 Å². The van der Waals surface area contributed by atoms with Crippen molar-refractivity contribution in [1.82, 2.24) is 5.32 Å². The molecule has 0 saturated carbocycles. The minimum atomic E-state index is 0.873. The van der Waals surface area contributed by atoms with Crippen LogP contribution in [0.1, 0.15) is 11.3 Å². The molecule has 18 heavy (non-hydrogen) atoms. The Balaban J connectivity index is 1.91. The van der Waals surface area contributed by atoms with Gasteiger partial charge in [-0.05, 0) is 13.0 Å². The van der Waals surface area contributed by atoms with Gasteiger partial charge in [-0.25, -0.2) is 0 Å². The van der Waals surface area contributed by atoms with Crippen molar-refractivity contribution >= 4 is 22.7 Å². The second kappa shape index (κ2) is 6.66. The number of hydrogen-bond donors (Lipinski definition) is 1. The van der Waals surface area contributed by atoms with E-state index in [1.165, 1.54) is 10.9 Å². The van der Waals surface area contributed by atoms with E-state index in [0.29, 0.717) is 0 Å². The van der Waals surface area contributed by atoms with E-state index in [1.54, 1.807) is 0 Å². The Hall–Kier alpha value is -1.19. The summed E-state index contributed by atoms with van der Waals surface area (Å²) in [5.74, 6) is 3.15. The maximum absolute atomic E-state index is 5.74. The van der Waals surface area contributed by atoms with Crippen LogP contribution in [0.5, 0.6) is 0 Å². The monoisotopic (exact) mass is 261 g/mol. The van der Waals surface area contributed by atoms with Crippen LogP contribution in [0.15, 0.2) is 41.3 Å². The van der Waals surface area contributed by atoms with Gasteiger partial charge in [0.15, 0.2) is 0 Å². The minimum Gasteiger partial charge on any atom is -0.461 e. The van der Waals surface area contributed by atoms with Gasteiger partial charge < -0.3 is 9.73 Å². The highest BCUT2D eigenvalue weighted by atomic mass is 32.2. The molecule has 0 bridgehead atoms. The Morgan fingerprint density at radius 1 is 1.39 bits per heavy atom. The molecule has 3 heteroatoms. The van der Waals surface area contributed by atoms with E-state index in [2.05, 4.69) is 24.0 Å². The minimum absolute atomic E-state index is 0.873. The molecule has 1 aromatic carbocycles. The number of hydrogen-bond acceptors (Lipinski definition) is 3. The molecule has 2 aromatic rings. The fourth-order valence-electron chi connectivity index (χ4n) is 1.97. The summed E-state index contributed by atoms with van der Waals surface area (Å²) in [6.45, 7) is 7.63. The summed E-state index contributed by atoms with van der Waals surface area (Å²) in [4.78, 5) is 0. The summed E-state index contributed by atoms with van der Waals surface area (Å²) < 4.78 is 5.74. The zero-order chi connectivity index (χ0) is 12.8. The van der Waals surface area contributed by atoms with Crippen LogP contribution < -0.4 is 5.32 Å². The van der Waals surface area contributed by atoms with Crippen molar-refractivity contribution in [1.29, 1.82) is 0 Å². The van der Waals surface area contributed by atoms with Crippen LogP contribution >= 0.6 is 11.8 Å². The standard InChI is InChI=1S/C15H19NOS/c1-3-9-18-10-8-16-11-14-12(2)17-15-7-5-4-6-13(14)15/h3-7,16H,1,8-11H2,2H3. The summed E-state index contributed by atoms with van der Waals surface area (Å²) in [6.07, 6.45) is 1.94. The molecule has 96 valence electrons. The third kappa shape index (κ3) is 3.18. The largest absolute Gasteiger partial charge is 0.461 e. The Morgan fingerprint density at radius 2 is 2.22 bits per heavy atom. The maximum atomic E-state index is 5.74. The quantitative estimate of drug-likeness (QED) is 0.607. The first-order chi connectivity index (χ1) is 8.83. The fraction of sp³-hybridized carbons (Fsp3) is 0.333. The molecule has 2 nitrogen and oxygen atoms in total. The Kier molecular flexibility index (Phi) is 4.90. The summed E-state index contributed by atoms with van der Waals surface area (Å²) in [6, 6.07) is 8.20. The Morgan fingerprint density at radius 3 is 3.06 bits per heavy atom. The number of furan rings is 1. The summed E-state index contributed by atoms with van der Waals surface area (Å²) in [5, 5.41) is 4.69. The van der Waals surface area contributed by atoms with Gasteiger partial charge >= 0.3 is 0 Å². The molecule has 0 unspecified atom stereocenters. The smallest absolute Gasteiger partial charge is 0.134 e. The number of benzene rings is 1. The predicted octanol–water partition coefficient (Wildman–Crippen LogP) is 3.75. The highest BCUT2D eigenvalue weighted by Crippen LogP contribution is 2.24. The molecule has 2 rings (SSSR count). The van der Waals surface area contributed by atoms with E-state index < -0.39 is 0 Å². The van der Waals surface area contributed by atoms with Gasteiger partial charge in [0, 0.05) is 35.5 Å². The lowest BCUT2D eigenvalue weighted by Gasteiger charge is -2.03. The molecule has 0 atom stereocenters. The summed E-state index contributed by atoms with van der Waals surface area (Å²) >= 11 is 1.89. The zero-order valence-electron chi connectivity index (χ0n) is 10.7. The van der Waals surface area contributed by atoms with Crippen LogP contribution in [0.4, 0.5) is 0 Å². The van der Waals surface area contributed by atoms with Gasteiger partial charge in [0.2, 0.25) is 0 Å². The Bertz CT molecular complexity index is 518. The zero-order valence-corrected chi connectivity index (χ0v) is 11.6. The molecule has 1 N–H and O–H groups in total. The van der Waals surface area contributed by atoms with Gasteiger partial charge in [0.25, 0.3) is 0 Å². The van der Waals surface area contributed by atoms with E-state index in [1.807, 2.05) is 36.9 Å². The lowest BCUT2D eigenvalue weighted by Crippen LogP contribution is -2.16. The lowest BCUT2D eigenvalue weighted by atomic mass is 10.1. The van der Waals surface area contributed by atoms with Crippen molar-refractivity contribution in [2.45, 2.75) is 13.5 Å². The third-order valence-electron chi connectivity index (χ3n) is 2.86. The van der Waals surface area contributed by atoms with E-state index in [4.69, 9.17) is 4.42 Å². The van der Waals surface area contributed by atoms with Crippen LogP contribution in [0.25, 0.3) is 11.0 Å². The predicted molar refractivity (Wildman–Crippen MR) is 80.2 cm³/mol. The molecule has 0 saturated heterocycles. The van der Waals surface area contributed by atoms with Crippen molar-refractivity contribution in [2.75, 3.05) is 18.1 Å². The molecule has 0 fully saturated rings. The Labute approximate surface area is 112 Å². The number of para-hydroxylation sites is 1. The second-order valence-corrected chi connectivity index (χ2v) is 5.32. The van der Waals surface area contributed by atoms with Crippen molar-refractivity contribution < 1.29 is 4.42 Å². The van der Waals surface area contributed by atoms with Gasteiger partial charge in [-0.3, -0.25) is 0 Å². The van der Waals surface area contributed by atoms with E-state index in [-0.39, 0.29) is 0 Å². The van der Waals surface area contributed by atoms with Crippen LogP contribution in [0.2, 0.25) is 0 Å². The lowest BCUT2D eigenvalue weighted by molar-refractivity contribution is 0.567. The average molecular weight is 261 g/mol. The normalized spacial score (nSPS) is 10.9. The maximum Gasteiger partial charge on any atom is 0.134 e. The first kappa shape index (κ1) is 13.2. The molecule has 1 aromatic heterocycles. The number of aryl methyl sites for hydroxylation is 1. The summed E-state index contributed by atoms with van der Waals surface area (Å²) in [7, 11) is 0. The molecule has 0 radical (unpaired) electrons.